The Labute approximate surface area is 128 Å². The summed E-state index contributed by atoms with van der Waals surface area (Å²) in [6, 6.07) is 4.42. The Balaban J connectivity index is 2.76. The van der Waals surface area contributed by atoms with Crippen molar-refractivity contribution in [3.05, 3.63) is 35.1 Å². The van der Waals surface area contributed by atoms with E-state index < -0.39 is 0 Å². The van der Waals surface area contributed by atoms with Crippen LogP contribution in [0.3, 0.4) is 0 Å². The van der Waals surface area contributed by atoms with Gasteiger partial charge in [0.15, 0.2) is 0 Å². The summed E-state index contributed by atoms with van der Waals surface area (Å²) < 4.78 is 13.2. The molecule has 0 atom stereocenters. The molecule has 0 aliphatic rings. The van der Waals surface area contributed by atoms with Crippen LogP contribution in [0.5, 0.6) is 0 Å². The molecular weight excluding hydrogens is 265 g/mol. The molecule has 0 saturated carbocycles. The van der Waals surface area contributed by atoms with Crippen LogP contribution in [0.4, 0.5) is 4.39 Å². The van der Waals surface area contributed by atoms with E-state index in [1.54, 1.807) is 13.0 Å². The van der Waals surface area contributed by atoms with Crippen LogP contribution in [0.25, 0.3) is 0 Å². The lowest BCUT2D eigenvalue weighted by molar-refractivity contribution is 0.0749. The van der Waals surface area contributed by atoms with Crippen LogP contribution >= 0.6 is 0 Å². The lowest BCUT2D eigenvalue weighted by Crippen LogP contribution is -2.33. The van der Waals surface area contributed by atoms with Gasteiger partial charge >= 0.3 is 0 Å². The third-order valence-corrected chi connectivity index (χ3v) is 3.77. The van der Waals surface area contributed by atoms with Crippen LogP contribution in [0, 0.1) is 12.7 Å². The molecule has 118 valence electrons. The summed E-state index contributed by atoms with van der Waals surface area (Å²) in [4.78, 5) is 14.6. The van der Waals surface area contributed by atoms with Crippen LogP contribution in [0.15, 0.2) is 18.2 Å². The van der Waals surface area contributed by atoms with E-state index in [9.17, 15) is 9.18 Å². The summed E-state index contributed by atoms with van der Waals surface area (Å²) in [5, 5.41) is 0. The van der Waals surface area contributed by atoms with Crippen LogP contribution in [0.1, 0.15) is 68.3 Å². The fourth-order valence-corrected chi connectivity index (χ4v) is 2.46. The maximum Gasteiger partial charge on any atom is 0.254 e. The molecule has 0 N–H and O–H groups in total. The van der Waals surface area contributed by atoms with Gasteiger partial charge in [-0.25, -0.2) is 4.39 Å². The number of hydrogen-bond acceptors (Lipinski definition) is 1. The van der Waals surface area contributed by atoms with Gasteiger partial charge in [-0.2, -0.15) is 0 Å². The fraction of sp³-hybridized carbons (Fsp3) is 0.611. The zero-order chi connectivity index (χ0) is 15.7. The quantitative estimate of drug-likeness (QED) is 0.589. The van der Waals surface area contributed by atoms with E-state index in [4.69, 9.17) is 0 Å². The smallest absolute Gasteiger partial charge is 0.254 e. The van der Waals surface area contributed by atoms with Crippen molar-refractivity contribution >= 4 is 5.91 Å². The number of benzene rings is 1. The van der Waals surface area contributed by atoms with Gasteiger partial charge in [0, 0.05) is 18.7 Å². The van der Waals surface area contributed by atoms with E-state index >= 15 is 0 Å². The molecule has 1 rings (SSSR count). The minimum absolute atomic E-state index is 0.0414. The Morgan fingerprint density at radius 3 is 2.10 bits per heavy atom. The number of hydrogen-bond donors (Lipinski definition) is 0. The first-order chi connectivity index (χ1) is 10.1. The third kappa shape index (κ3) is 5.86. The number of carbonyl (C=O) groups excluding carboxylic acids is 1. The molecule has 1 aromatic carbocycles. The Hall–Kier alpha value is -1.38. The number of nitrogens with zero attached hydrogens (tertiary/aromatic N) is 1. The minimum atomic E-state index is -0.285. The Kier molecular flexibility index (Phi) is 8.03. The van der Waals surface area contributed by atoms with E-state index in [1.165, 1.54) is 12.1 Å². The lowest BCUT2D eigenvalue weighted by atomic mass is 10.1. The largest absolute Gasteiger partial charge is 0.339 e. The molecule has 0 aliphatic heterocycles. The number of amides is 1. The van der Waals surface area contributed by atoms with Crippen molar-refractivity contribution in [3.8, 4) is 0 Å². The summed E-state index contributed by atoms with van der Waals surface area (Å²) in [6.07, 6.45) is 6.64. The first kappa shape index (κ1) is 17.7. The highest BCUT2D eigenvalue weighted by molar-refractivity contribution is 5.95. The van der Waals surface area contributed by atoms with Gasteiger partial charge in [-0.1, -0.05) is 39.5 Å². The van der Waals surface area contributed by atoms with Crippen molar-refractivity contribution in [2.45, 2.75) is 59.3 Å². The van der Waals surface area contributed by atoms with E-state index in [-0.39, 0.29) is 11.7 Å². The second-order valence-electron chi connectivity index (χ2n) is 5.67. The van der Waals surface area contributed by atoms with E-state index in [1.807, 2.05) is 4.90 Å². The summed E-state index contributed by atoms with van der Waals surface area (Å²) in [6.45, 7) is 7.72. The number of halogens is 1. The van der Waals surface area contributed by atoms with Gasteiger partial charge in [-0.15, -0.1) is 0 Å². The molecule has 1 aromatic rings. The normalized spacial score (nSPS) is 10.7. The molecule has 21 heavy (non-hydrogen) atoms. The molecule has 0 aliphatic carbocycles. The van der Waals surface area contributed by atoms with Gasteiger partial charge in [-0.3, -0.25) is 4.79 Å². The molecule has 0 unspecified atom stereocenters. The molecule has 0 heterocycles. The fourth-order valence-electron chi connectivity index (χ4n) is 2.46. The van der Waals surface area contributed by atoms with Crippen LogP contribution in [-0.2, 0) is 0 Å². The van der Waals surface area contributed by atoms with Crippen LogP contribution < -0.4 is 0 Å². The first-order valence-electron chi connectivity index (χ1n) is 8.15. The van der Waals surface area contributed by atoms with Crippen molar-refractivity contribution in [3.63, 3.8) is 0 Å². The average Bonchev–Trinajstić information content (AvgIpc) is 2.45. The lowest BCUT2D eigenvalue weighted by Gasteiger charge is -2.23. The second-order valence-corrected chi connectivity index (χ2v) is 5.67. The van der Waals surface area contributed by atoms with E-state index in [2.05, 4.69) is 13.8 Å². The van der Waals surface area contributed by atoms with Gasteiger partial charge in [0.1, 0.15) is 5.82 Å². The molecule has 2 nitrogen and oxygen atoms in total. The van der Waals surface area contributed by atoms with E-state index in [0.717, 1.165) is 57.2 Å². The van der Waals surface area contributed by atoms with Crippen molar-refractivity contribution in [1.82, 2.24) is 4.90 Å². The molecule has 1 amide bonds. The topological polar surface area (TPSA) is 20.3 Å². The van der Waals surface area contributed by atoms with Crippen molar-refractivity contribution < 1.29 is 9.18 Å². The highest BCUT2D eigenvalue weighted by Gasteiger charge is 2.17. The predicted molar refractivity (Wildman–Crippen MR) is 86.1 cm³/mol. The Morgan fingerprint density at radius 2 is 1.62 bits per heavy atom. The Bertz CT molecular complexity index is 435. The molecule has 0 saturated heterocycles. The average molecular weight is 293 g/mol. The predicted octanol–water partition coefficient (Wildman–Crippen LogP) is 4.96. The Morgan fingerprint density at radius 1 is 1.05 bits per heavy atom. The maximum absolute atomic E-state index is 13.2. The zero-order valence-corrected chi connectivity index (χ0v) is 13.6. The number of rotatable bonds is 9. The molecule has 0 spiro atoms. The minimum Gasteiger partial charge on any atom is -0.339 e. The molecule has 0 radical (unpaired) electrons. The van der Waals surface area contributed by atoms with E-state index in [0.29, 0.717) is 5.56 Å². The number of carbonyl (C=O) groups is 1. The van der Waals surface area contributed by atoms with Gasteiger partial charge in [0.2, 0.25) is 0 Å². The monoisotopic (exact) mass is 293 g/mol. The molecule has 0 bridgehead atoms. The molecule has 0 aromatic heterocycles. The van der Waals surface area contributed by atoms with Crippen molar-refractivity contribution in [2.75, 3.05) is 13.1 Å². The van der Waals surface area contributed by atoms with Crippen molar-refractivity contribution in [1.29, 1.82) is 0 Å². The summed E-state index contributed by atoms with van der Waals surface area (Å²) in [5.74, 6) is -0.243. The van der Waals surface area contributed by atoms with Gasteiger partial charge in [0.05, 0.1) is 0 Å². The summed E-state index contributed by atoms with van der Waals surface area (Å²) in [5.41, 5.74) is 1.35. The molecular formula is C18H28FNO. The standard InChI is InChI=1S/C18H28FNO/c1-4-6-8-12-20(13-9-7-5-2)18(21)17-11-10-16(19)14-15(17)3/h10-11,14H,4-9,12-13H2,1-3H3. The SMILES string of the molecule is CCCCCN(CCCCC)C(=O)c1ccc(F)cc1C. The number of unbranched alkanes of at least 4 members (excludes halogenated alkanes) is 4. The van der Waals surface area contributed by atoms with Gasteiger partial charge in [0.25, 0.3) is 5.91 Å². The number of aryl methyl sites for hydroxylation is 1. The molecule has 3 heteroatoms. The van der Waals surface area contributed by atoms with Gasteiger partial charge in [-0.05, 0) is 43.5 Å². The van der Waals surface area contributed by atoms with Crippen molar-refractivity contribution in [2.24, 2.45) is 0 Å². The summed E-state index contributed by atoms with van der Waals surface area (Å²) >= 11 is 0. The zero-order valence-electron chi connectivity index (χ0n) is 13.6. The van der Waals surface area contributed by atoms with Gasteiger partial charge < -0.3 is 4.90 Å². The summed E-state index contributed by atoms with van der Waals surface area (Å²) in [7, 11) is 0. The molecule has 0 fully saturated rings. The van der Waals surface area contributed by atoms with Crippen LogP contribution in [-0.4, -0.2) is 23.9 Å². The third-order valence-electron chi connectivity index (χ3n) is 3.77. The van der Waals surface area contributed by atoms with Crippen LogP contribution in [0.2, 0.25) is 0 Å². The second kappa shape index (κ2) is 9.54. The highest BCUT2D eigenvalue weighted by atomic mass is 19.1. The first-order valence-corrected chi connectivity index (χ1v) is 8.15. The highest BCUT2D eigenvalue weighted by Crippen LogP contribution is 2.14. The maximum atomic E-state index is 13.2.